The Bertz CT molecular complexity index is 403. The van der Waals surface area contributed by atoms with Crippen molar-refractivity contribution < 1.29 is 0 Å². The van der Waals surface area contributed by atoms with Gasteiger partial charge in [0.1, 0.15) is 0 Å². The maximum absolute atomic E-state index is 3.99. The van der Waals surface area contributed by atoms with Crippen LogP contribution in [0, 0.1) is 29.6 Å². The van der Waals surface area contributed by atoms with Crippen LogP contribution in [0.25, 0.3) is 0 Å². The van der Waals surface area contributed by atoms with Gasteiger partial charge in [-0.1, -0.05) is 11.1 Å². The SMILES string of the molecule is C1CCC2=C(C1)CCNC2C1C2CC3CC(C2)CC1C3. The van der Waals surface area contributed by atoms with Crippen molar-refractivity contribution in [3.05, 3.63) is 11.1 Å². The van der Waals surface area contributed by atoms with Crippen LogP contribution in [0.2, 0.25) is 0 Å². The Morgan fingerprint density at radius 2 is 1.45 bits per heavy atom. The van der Waals surface area contributed by atoms with E-state index in [-0.39, 0.29) is 0 Å². The zero-order valence-electron chi connectivity index (χ0n) is 12.7. The molecular formula is C19H29N. The second-order valence-electron chi connectivity index (χ2n) is 8.53. The molecule has 20 heavy (non-hydrogen) atoms. The highest BCUT2D eigenvalue weighted by atomic mass is 14.9. The molecule has 1 N–H and O–H groups in total. The second kappa shape index (κ2) is 4.60. The lowest BCUT2D eigenvalue weighted by Gasteiger charge is -2.57. The van der Waals surface area contributed by atoms with Crippen LogP contribution in [0.4, 0.5) is 0 Å². The molecule has 1 unspecified atom stereocenters. The fourth-order valence-electron chi connectivity index (χ4n) is 7.03. The highest BCUT2D eigenvalue weighted by molar-refractivity contribution is 5.27. The molecule has 0 aromatic carbocycles. The van der Waals surface area contributed by atoms with Crippen molar-refractivity contribution in [3.63, 3.8) is 0 Å². The quantitative estimate of drug-likeness (QED) is 0.701. The molecule has 0 aromatic heterocycles. The minimum absolute atomic E-state index is 0.800. The average molecular weight is 271 g/mol. The molecule has 1 nitrogen and oxygen atoms in total. The molecule has 4 fully saturated rings. The van der Waals surface area contributed by atoms with E-state index in [9.17, 15) is 0 Å². The molecule has 0 amide bonds. The number of nitrogens with one attached hydrogen (secondary N) is 1. The van der Waals surface area contributed by atoms with Gasteiger partial charge in [-0.2, -0.15) is 0 Å². The van der Waals surface area contributed by atoms with Crippen molar-refractivity contribution >= 4 is 0 Å². The van der Waals surface area contributed by atoms with E-state index in [0.29, 0.717) is 0 Å². The Hall–Kier alpha value is -0.300. The summed E-state index contributed by atoms with van der Waals surface area (Å²) in [4.78, 5) is 0. The van der Waals surface area contributed by atoms with Crippen molar-refractivity contribution in [2.75, 3.05) is 6.54 Å². The number of hydrogen-bond acceptors (Lipinski definition) is 1. The molecule has 1 heteroatoms. The molecule has 4 saturated carbocycles. The third kappa shape index (κ3) is 1.78. The molecule has 0 spiro atoms. The topological polar surface area (TPSA) is 12.0 Å². The Labute approximate surface area is 123 Å². The first-order chi connectivity index (χ1) is 9.88. The lowest BCUT2D eigenvalue weighted by molar-refractivity contribution is -0.0481. The smallest absolute Gasteiger partial charge is 0.0315 e. The predicted octanol–water partition coefficient (Wildman–Crippen LogP) is 4.29. The Balaban J connectivity index is 1.47. The third-order valence-corrected chi connectivity index (χ3v) is 7.48. The fraction of sp³-hybridized carbons (Fsp3) is 0.895. The predicted molar refractivity (Wildman–Crippen MR) is 82.4 cm³/mol. The standard InChI is InChI=1S/C19H29N/c1-2-4-17-14(3-1)5-6-20-19(17)18-15-8-12-7-13(10-15)11-16(18)9-12/h12-13,15-16,18-20H,1-11H2. The monoisotopic (exact) mass is 271 g/mol. The average Bonchev–Trinajstić information content (AvgIpc) is 2.46. The first-order valence-electron chi connectivity index (χ1n) is 9.32. The van der Waals surface area contributed by atoms with Crippen LogP contribution in [0.3, 0.4) is 0 Å². The van der Waals surface area contributed by atoms with E-state index >= 15 is 0 Å². The first kappa shape index (κ1) is 12.3. The van der Waals surface area contributed by atoms with Crippen LogP contribution < -0.4 is 5.32 Å². The highest BCUT2D eigenvalue weighted by Crippen LogP contribution is 2.58. The summed E-state index contributed by atoms with van der Waals surface area (Å²) in [5.41, 5.74) is 3.79. The summed E-state index contributed by atoms with van der Waals surface area (Å²) in [7, 11) is 0. The number of rotatable bonds is 1. The van der Waals surface area contributed by atoms with Gasteiger partial charge >= 0.3 is 0 Å². The minimum atomic E-state index is 0.800. The van der Waals surface area contributed by atoms with Gasteiger partial charge in [-0.05, 0) is 100 Å². The van der Waals surface area contributed by atoms with Crippen LogP contribution in [0.5, 0.6) is 0 Å². The van der Waals surface area contributed by atoms with Crippen molar-refractivity contribution in [1.82, 2.24) is 5.32 Å². The van der Waals surface area contributed by atoms with Crippen molar-refractivity contribution in [3.8, 4) is 0 Å². The van der Waals surface area contributed by atoms with E-state index in [1.165, 1.54) is 38.6 Å². The van der Waals surface area contributed by atoms with E-state index in [1.54, 1.807) is 32.1 Å². The van der Waals surface area contributed by atoms with Gasteiger partial charge in [0, 0.05) is 6.04 Å². The van der Waals surface area contributed by atoms with E-state index < -0.39 is 0 Å². The normalized spacial score (nSPS) is 50.4. The summed E-state index contributed by atoms with van der Waals surface area (Å²) >= 11 is 0. The van der Waals surface area contributed by atoms with Gasteiger partial charge in [-0.25, -0.2) is 0 Å². The van der Waals surface area contributed by atoms with Gasteiger partial charge < -0.3 is 5.32 Å². The maximum atomic E-state index is 3.99. The van der Waals surface area contributed by atoms with Gasteiger partial charge in [-0.15, -0.1) is 0 Å². The largest absolute Gasteiger partial charge is 0.310 e. The lowest BCUT2D eigenvalue weighted by Crippen LogP contribution is -2.55. The van der Waals surface area contributed by atoms with Crippen LogP contribution in [0.1, 0.15) is 64.2 Å². The molecule has 4 bridgehead atoms. The molecule has 1 heterocycles. The van der Waals surface area contributed by atoms with Crippen molar-refractivity contribution in [1.29, 1.82) is 0 Å². The van der Waals surface area contributed by atoms with Gasteiger partial charge in [0.2, 0.25) is 0 Å². The van der Waals surface area contributed by atoms with Gasteiger partial charge in [0.25, 0.3) is 0 Å². The van der Waals surface area contributed by atoms with E-state index in [2.05, 4.69) is 5.32 Å². The molecule has 1 atom stereocenters. The molecule has 6 rings (SSSR count). The Morgan fingerprint density at radius 3 is 2.20 bits per heavy atom. The molecule has 5 aliphatic carbocycles. The molecule has 0 radical (unpaired) electrons. The van der Waals surface area contributed by atoms with Crippen LogP contribution in [-0.2, 0) is 0 Å². The van der Waals surface area contributed by atoms with E-state index in [1.807, 2.05) is 11.1 Å². The van der Waals surface area contributed by atoms with E-state index in [4.69, 9.17) is 0 Å². The summed E-state index contributed by atoms with van der Waals surface area (Å²) in [6.45, 7) is 1.27. The molecule has 6 aliphatic rings. The first-order valence-corrected chi connectivity index (χ1v) is 9.32. The van der Waals surface area contributed by atoms with Gasteiger partial charge in [-0.3, -0.25) is 0 Å². The minimum Gasteiger partial charge on any atom is -0.310 e. The zero-order valence-corrected chi connectivity index (χ0v) is 12.7. The molecular weight excluding hydrogens is 242 g/mol. The molecule has 1 aliphatic heterocycles. The van der Waals surface area contributed by atoms with Gasteiger partial charge in [0.15, 0.2) is 0 Å². The summed E-state index contributed by atoms with van der Waals surface area (Å²) in [6.07, 6.45) is 15.1. The second-order valence-corrected chi connectivity index (χ2v) is 8.53. The van der Waals surface area contributed by atoms with Gasteiger partial charge in [0.05, 0.1) is 0 Å². The Kier molecular flexibility index (Phi) is 2.82. The molecule has 0 aromatic rings. The molecule has 110 valence electrons. The lowest BCUT2D eigenvalue weighted by atomic mass is 9.49. The van der Waals surface area contributed by atoms with E-state index in [0.717, 1.165) is 35.6 Å². The van der Waals surface area contributed by atoms with Crippen LogP contribution in [-0.4, -0.2) is 12.6 Å². The van der Waals surface area contributed by atoms with Crippen LogP contribution in [0.15, 0.2) is 11.1 Å². The number of hydrogen-bond donors (Lipinski definition) is 1. The zero-order chi connectivity index (χ0) is 13.1. The van der Waals surface area contributed by atoms with Crippen LogP contribution >= 0.6 is 0 Å². The maximum Gasteiger partial charge on any atom is 0.0315 e. The third-order valence-electron chi connectivity index (χ3n) is 7.48. The van der Waals surface area contributed by atoms with Crippen molar-refractivity contribution in [2.24, 2.45) is 29.6 Å². The Morgan fingerprint density at radius 1 is 0.750 bits per heavy atom. The fourth-order valence-corrected chi connectivity index (χ4v) is 7.03. The molecule has 0 saturated heterocycles. The summed E-state index contributed by atoms with van der Waals surface area (Å²) < 4.78 is 0. The summed E-state index contributed by atoms with van der Waals surface area (Å²) in [6, 6.07) is 0.800. The van der Waals surface area contributed by atoms with Crippen molar-refractivity contribution in [2.45, 2.75) is 70.3 Å². The summed E-state index contributed by atoms with van der Waals surface area (Å²) in [5, 5.41) is 3.99. The summed E-state index contributed by atoms with van der Waals surface area (Å²) in [5.74, 6) is 5.43. The highest BCUT2D eigenvalue weighted by Gasteiger charge is 2.51.